The summed E-state index contributed by atoms with van der Waals surface area (Å²) >= 11 is 0. The number of benzene rings is 1. The minimum Gasteiger partial charge on any atom is -0.389 e. The zero-order valence-electron chi connectivity index (χ0n) is 12.3. The Kier molecular flexibility index (Phi) is 4.64. The fraction of sp³-hybridized carbons (Fsp3) is 0.647. The molecule has 2 N–H and O–H groups in total. The molecule has 106 valence electrons. The first kappa shape index (κ1) is 14.5. The zero-order chi connectivity index (χ0) is 13.8. The number of hydrogen-bond acceptors (Lipinski definition) is 2. The lowest BCUT2D eigenvalue weighted by atomic mass is 9.71. The maximum absolute atomic E-state index is 10.5. The molecule has 0 spiro atoms. The highest BCUT2D eigenvalue weighted by Gasteiger charge is 2.36. The van der Waals surface area contributed by atoms with Crippen LogP contribution in [0.1, 0.15) is 45.1 Å². The molecule has 0 heterocycles. The molecule has 1 aliphatic rings. The van der Waals surface area contributed by atoms with Crippen molar-refractivity contribution in [1.29, 1.82) is 0 Å². The van der Waals surface area contributed by atoms with Crippen molar-refractivity contribution in [2.75, 3.05) is 13.1 Å². The minimum absolute atomic E-state index is 0.413. The number of hydrogen-bond donors (Lipinski definition) is 2. The highest BCUT2D eigenvalue weighted by molar-refractivity contribution is 5.14. The molecular weight excluding hydrogens is 234 g/mol. The van der Waals surface area contributed by atoms with Crippen LogP contribution in [0.2, 0.25) is 0 Å². The summed E-state index contributed by atoms with van der Waals surface area (Å²) in [5, 5.41) is 14.0. The van der Waals surface area contributed by atoms with Gasteiger partial charge in [-0.25, -0.2) is 0 Å². The highest BCUT2D eigenvalue weighted by atomic mass is 16.3. The van der Waals surface area contributed by atoms with E-state index in [4.69, 9.17) is 0 Å². The lowest BCUT2D eigenvalue weighted by Crippen LogP contribution is -2.45. The third-order valence-electron chi connectivity index (χ3n) is 4.42. The second-order valence-electron chi connectivity index (χ2n) is 6.80. The standard InChI is InChI=1S/C17H27NO/c1-16(2)9-11-17(19,12-10-16)14-18-13-8-15-6-4-3-5-7-15/h3-7,18-19H,8-14H2,1-2H3. The average molecular weight is 261 g/mol. The molecule has 2 nitrogen and oxygen atoms in total. The Morgan fingerprint density at radius 2 is 1.68 bits per heavy atom. The molecule has 1 aromatic rings. The van der Waals surface area contributed by atoms with Crippen LogP contribution < -0.4 is 5.32 Å². The van der Waals surface area contributed by atoms with E-state index in [0.717, 1.165) is 45.2 Å². The van der Waals surface area contributed by atoms with E-state index in [1.165, 1.54) is 5.56 Å². The van der Waals surface area contributed by atoms with Crippen molar-refractivity contribution in [1.82, 2.24) is 5.32 Å². The van der Waals surface area contributed by atoms with Gasteiger partial charge < -0.3 is 10.4 Å². The molecule has 0 aromatic heterocycles. The Hall–Kier alpha value is -0.860. The maximum atomic E-state index is 10.5. The summed E-state index contributed by atoms with van der Waals surface area (Å²) in [6.07, 6.45) is 5.15. The number of nitrogens with one attached hydrogen (secondary N) is 1. The Labute approximate surface area is 117 Å². The molecule has 0 radical (unpaired) electrons. The van der Waals surface area contributed by atoms with Gasteiger partial charge in [0.25, 0.3) is 0 Å². The Balaban J connectivity index is 1.68. The average Bonchev–Trinajstić information content (AvgIpc) is 2.40. The van der Waals surface area contributed by atoms with Crippen LogP contribution in [0.25, 0.3) is 0 Å². The van der Waals surface area contributed by atoms with Gasteiger partial charge >= 0.3 is 0 Å². The van der Waals surface area contributed by atoms with Gasteiger partial charge in [-0.1, -0.05) is 44.2 Å². The molecule has 0 saturated heterocycles. The van der Waals surface area contributed by atoms with E-state index in [2.05, 4.69) is 43.4 Å². The topological polar surface area (TPSA) is 32.3 Å². The third-order valence-corrected chi connectivity index (χ3v) is 4.42. The van der Waals surface area contributed by atoms with Crippen molar-refractivity contribution in [3.05, 3.63) is 35.9 Å². The molecule has 19 heavy (non-hydrogen) atoms. The van der Waals surface area contributed by atoms with Crippen molar-refractivity contribution < 1.29 is 5.11 Å². The summed E-state index contributed by atoms with van der Waals surface area (Å²) in [5.41, 5.74) is 1.29. The first-order valence-corrected chi connectivity index (χ1v) is 7.46. The predicted octanol–water partition coefficient (Wildman–Crippen LogP) is 3.15. The van der Waals surface area contributed by atoms with Crippen LogP contribution in [0, 0.1) is 5.41 Å². The summed E-state index contributed by atoms with van der Waals surface area (Å²) in [4.78, 5) is 0. The Morgan fingerprint density at radius 1 is 1.05 bits per heavy atom. The molecule has 2 heteroatoms. The monoisotopic (exact) mass is 261 g/mol. The minimum atomic E-state index is -0.480. The molecule has 1 fully saturated rings. The van der Waals surface area contributed by atoms with E-state index >= 15 is 0 Å². The smallest absolute Gasteiger partial charge is 0.0772 e. The van der Waals surface area contributed by atoms with E-state index in [1.54, 1.807) is 0 Å². The molecular formula is C17H27NO. The fourth-order valence-electron chi connectivity index (χ4n) is 2.77. The Bertz CT molecular complexity index is 376. The van der Waals surface area contributed by atoms with Gasteiger partial charge in [-0.15, -0.1) is 0 Å². The zero-order valence-corrected chi connectivity index (χ0v) is 12.3. The van der Waals surface area contributed by atoms with Gasteiger partial charge in [-0.3, -0.25) is 0 Å². The van der Waals surface area contributed by atoms with Gasteiger partial charge in [0, 0.05) is 6.54 Å². The Morgan fingerprint density at radius 3 is 2.32 bits per heavy atom. The second kappa shape index (κ2) is 6.06. The lowest BCUT2D eigenvalue weighted by molar-refractivity contribution is -0.0240. The largest absolute Gasteiger partial charge is 0.389 e. The second-order valence-corrected chi connectivity index (χ2v) is 6.80. The van der Waals surface area contributed by atoms with Crippen LogP contribution in [0.3, 0.4) is 0 Å². The first-order valence-electron chi connectivity index (χ1n) is 7.46. The lowest BCUT2D eigenvalue weighted by Gasteiger charge is -2.40. The summed E-state index contributed by atoms with van der Waals surface area (Å²) in [7, 11) is 0. The van der Waals surface area contributed by atoms with Gasteiger partial charge in [0.1, 0.15) is 0 Å². The van der Waals surface area contributed by atoms with Crippen LogP contribution in [0.15, 0.2) is 30.3 Å². The van der Waals surface area contributed by atoms with Gasteiger partial charge in [0.05, 0.1) is 5.60 Å². The van der Waals surface area contributed by atoms with Crippen molar-refractivity contribution in [3.63, 3.8) is 0 Å². The maximum Gasteiger partial charge on any atom is 0.0772 e. The molecule has 0 amide bonds. The summed E-state index contributed by atoms with van der Waals surface area (Å²) in [6, 6.07) is 10.5. The van der Waals surface area contributed by atoms with E-state index in [0.29, 0.717) is 5.41 Å². The van der Waals surface area contributed by atoms with Crippen molar-refractivity contribution in [2.45, 2.75) is 51.6 Å². The third kappa shape index (κ3) is 4.63. The van der Waals surface area contributed by atoms with Gasteiger partial charge in [-0.2, -0.15) is 0 Å². The summed E-state index contributed by atoms with van der Waals surface area (Å²) < 4.78 is 0. The van der Waals surface area contributed by atoms with Crippen LogP contribution >= 0.6 is 0 Å². The number of rotatable bonds is 5. The van der Waals surface area contributed by atoms with Crippen molar-refractivity contribution >= 4 is 0 Å². The normalized spacial score (nSPS) is 21.2. The number of aliphatic hydroxyl groups is 1. The van der Waals surface area contributed by atoms with E-state index < -0.39 is 5.60 Å². The first-order chi connectivity index (χ1) is 8.99. The van der Waals surface area contributed by atoms with Gasteiger partial charge in [0.15, 0.2) is 0 Å². The molecule has 2 rings (SSSR count). The van der Waals surface area contributed by atoms with Crippen LogP contribution in [0.4, 0.5) is 0 Å². The van der Waals surface area contributed by atoms with Crippen LogP contribution in [-0.2, 0) is 6.42 Å². The van der Waals surface area contributed by atoms with Crippen molar-refractivity contribution in [3.8, 4) is 0 Å². The molecule has 0 unspecified atom stereocenters. The predicted molar refractivity (Wildman–Crippen MR) is 80.2 cm³/mol. The van der Waals surface area contributed by atoms with Gasteiger partial charge in [-0.05, 0) is 49.6 Å². The van der Waals surface area contributed by atoms with E-state index in [9.17, 15) is 5.11 Å². The van der Waals surface area contributed by atoms with Crippen LogP contribution in [0.5, 0.6) is 0 Å². The summed E-state index contributed by atoms with van der Waals surface area (Å²) in [5.74, 6) is 0. The quantitative estimate of drug-likeness (QED) is 0.798. The highest BCUT2D eigenvalue weighted by Crippen LogP contribution is 2.39. The molecule has 1 aliphatic carbocycles. The fourth-order valence-corrected chi connectivity index (χ4v) is 2.77. The molecule has 1 saturated carbocycles. The van der Waals surface area contributed by atoms with E-state index in [1.807, 2.05) is 6.07 Å². The molecule has 1 aromatic carbocycles. The van der Waals surface area contributed by atoms with E-state index in [-0.39, 0.29) is 0 Å². The molecule has 0 bridgehead atoms. The SMILES string of the molecule is CC1(C)CCC(O)(CNCCc2ccccc2)CC1. The van der Waals surface area contributed by atoms with Crippen molar-refractivity contribution in [2.24, 2.45) is 5.41 Å². The van der Waals surface area contributed by atoms with Crippen LogP contribution in [-0.4, -0.2) is 23.8 Å². The van der Waals surface area contributed by atoms with Gasteiger partial charge in [0.2, 0.25) is 0 Å². The summed E-state index contributed by atoms with van der Waals surface area (Å²) in [6.45, 7) is 6.27. The molecule has 0 atom stereocenters. The molecule has 0 aliphatic heterocycles.